The smallest absolute Gasteiger partial charge is 0.0628 e. The Morgan fingerprint density at radius 1 is 0.261 bits per heavy atom. The van der Waals surface area contributed by atoms with Crippen molar-refractivity contribution in [1.82, 2.24) is 21.3 Å². The van der Waals surface area contributed by atoms with Crippen molar-refractivity contribution in [2.45, 2.75) is 420 Å². The van der Waals surface area contributed by atoms with Gasteiger partial charge in [-0.2, -0.15) is 0 Å². The molecule has 0 aliphatic rings. The molecule has 0 saturated heterocycles. The second-order valence-electron chi connectivity index (χ2n) is 40.7. The van der Waals surface area contributed by atoms with E-state index >= 15 is 0 Å². The van der Waals surface area contributed by atoms with Crippen molar-refractivity contribution in [2.75, 3.05) is 71.2 Å². The first-order valence-electron chi connectivity index (χ1n) is 48.8. The van der Waals surface area contributed by atoms with Gasteiger partial charge in [-0.25, -0.2) is 0 Å². The fourth-order valence-corrected chi connectivity index (χ4v) is 24.6. The molecule has 0 heterocycles. The molecular weight excluding hydrogens is 1590 g/mol. The number of carboxylic acids is 4. The van der Waals surface area contributed by atoms with Gasteiger partial charge < -0.3 is 0 Å². The molecule has 8 N–H and O–H groups in total. The van der Waals surface area contributed by atoms with Crippen LogP contribution in [0.25, 0.3) is 0 Å². The van der Waals surface area contributed by atoms with E-state index in [4.69, 9.17) is 11.2 Å². The van der Waals surface area contributed by atoms with Gasteiger partial charge in [0.25, 0.3) is 0 Å². The SMILES string of the molecule is C/C(=C\CSCC(NCP(Cl)(CNC(CSC/C=C(\C)CCCC(C)CCCC(C)CCCC(C)C)C(=O)O)(CNC(CSC/C=C(\C)CCCC(C)CCCC(C)CCCC(C)C)C(=O)O)CNC(CSC/C=C(\C)CCCC(C)CCCC(C)CCCC(C)CCCC(C)C)C(=O)O)C(=O)O)CCCC(C)CCCC(C)CCCC(C)C. The summed E-state index contributed by atoms with van der Waals surface area (Å²) < 4.78 is 0. The van der Waals surface area contributed by atoms with E-state index in [1.807, 2.05) is 0 Å². The minimum atomic E-state index is -4.33. The third-order valence-electron chi connectivity index (χ3n) is 25.4. The molecule has 0 spiro atoms. The predicted molar refractivity (Wildman–Crippen MR) is 537 cm³/mol. The summed E-state index contributed by atoms with van der Waals surface area (Å²) in [6, 6.07) is -4.31. The maximum atomic E-state index is 13.5. The zero-order valence-corrected chi connectivity index (χ0v) is 86.0. The maximum absolute atomic E-state index is 13.5. The molecule has 13 unspecified atom stereocenters. The van der Waals surface area contributed by atoms with Gasteiger partial charge in [-0.15, -0.1) is 0 Å². The van der Waals surface area contributed by atoms with Crippen molar-refractivity contribution in [1.29, 1.82) is 0 Å². The van der Waals surface area contributed by atoms with E-state index in [-0.39, 0.29) is 48.2 Å². The van der Waals surface area contributed by atoms with Crippen LogP contribution < -0.4 is 21.3 Å². The van der Waals surface area contributed by atoms with E-state index in [1.165, 1.54) is 268 Å². The Morgan fingerprint density at radius 3 is 0.546 bits per heavy atom. The number of carboxylic acid groups (broad SMARTS) is 4. The number of rotatable bonds is 84. The number of hydrogen-bond donors (Lipinski definition) is 8. The number of aliphatic carboxylic acids is 4. The Kier molecular flexibility index (Phi) is 71.9. The molecule has 13 atom stereocenters. The van der Waals surface area contributed by atoms with Crippen molar-refractivity contribution in [3.63, 3.8) is 0 Å². The minimum Gasteiger partial charge on any atom is -0.0628 e. The predicted octanol–water partition coefficient (Wildman–Crippen LogP) is 30.0. The summed E-state index contributed by atoms with van der Waals surface area (Å²) in [5, 5.41) is 57.4. The number of thioether (sulfide) groups is 4. The molecule has 0 saturated carbocycles. The fraction of sp³-hybridized carbons (Fsp3) is 0.881. The van der Waals surface area contributed by atoms with Crippen LogP contribution in [-0.4, -0.2) is 140 Å². The average Bonchev–Trinajstić information content (AvgIpc) is 0.773. The minimum absolute atomic E-state index is 0.117. The van der Waals surface area contributed by atoms with E-state index in [1.54, 1.807) is 0 Å². The zero-order valence-electron chi connectivity index (χ0n) is 81.1. The van der Waals surface area contributed by atoms with Crippen LogP contribution in [0.3, 0.4) is 0 Å². The molecule has 0 aliphatic carbocycles. The van der Waals surface area contributed by atoms with E-state index in [2.05, 4.69) is 191 Å². The Balaban J connectivity index is 6.96. The third kappa shape index (κ3) is 69.5. The van der Waals surface area contributed by atoms with Crippen molar-refractivity contribution in [2.24, 2.45) is 76.9 Å². The molecule has 0 rings (SSSR count). The number of hydrogen-bond acceptors (Lipinski definition) is 12. The Bertz CT molecular complexity index is 2470. The molecule has 0 aromatic carbocycles. The number of halogens is 1. The van der Waals surface area contributed by atoms with Crippen LogP contribution in [0, 0.1) is 76.9 Å². The van der Waals surface area contributed by atoms with Gasteiger partial charge in [-0.3, -0.25) is 0 Å². The van der Waals surface area contributed by atoms with Crippen molar-refractivity contribution in [3.05, 3.63) is 46.6 Å². The summed E-state index contributed by atoms with van der Waals surface area (Å²) in [4.78, 5) is 53.9. The molecular formula is C101H194ClN4O8PS4. The second kappa shape index (κ2) is 72.7. The van der Waals surface area contributed by atoms with Crippen molar-refractivity contribution >= 4 is 88.1 Å². The first kappa shape index (κ1) is 118. The summed E-state index contributed by atoms with van der Waals surface area (Å²) in [5.41, 5.74) is 5.14. The normalized spacial score (nSPS) is 16.6. The molecule has 0 aliphatic heterocycles. The molecule has 12 nitrogen and oxygen atoms in total. The number of carbonyl (C=O) groups is 4. The third-order valence-corrected chi connectivity index (χ3v) is 34.6. The first-order valence-corrected chi connectivity index (χ1v) is 57.3. The quantitative estimate of drug-likeness (QED) is 0.0162. The van der Waals surface area contributed by atoms with Gasteiger partial charge >= 0.3 is 419 Å². The van der Waals surface area contributed by atoms with Gasteiger partial charge in [-0.1, -0.05) is 291 Å². The van der Waals surface area contributed by atoms with Gasteiger partial charge in [0.15, 0.2) is 0 Å². The van der Waals surface area contributed by atoms with Crippen LogP contribution in [0.2, 0.25) is 0 Å². The van der Waals surface area contributed by atoms with Crippen LogP contribution in [0.5, 0.6) is 0 Å². The number of allylic oxidation sites excluding steroid dienone is 4. The van der Waals surface area contributed by atoms with E-state index in [9.17, 15) is 39.6 Å². The molecule has 0 aromatic heterocycles. The molecule has 702 valence electrons. The van der Waals surface area contributed by atoms with E-state index in [0.29, 0.717) is 46.7 Å². The molecule has 18 heteroatoms. The van der Waals surface area contributed by atoms with Crippen LogP contribution in [0.1, 0.15) is 396 Å². The summed E-state index contributed by atoms with van der Waals surface area (Å²) in [7, 11) is 0. The Hall–Kier alpha value is -1.20. The molecule has 0 bridgehead atoms. The van der Waals surface area contributed by atoms with Crippen molar-refractivity contribution < 1.29 is 39.6 Å². The molecule has 119 heavy (non-hydrogen) atoms. The molecule has 0 radical (unpaired) electrons. The van der Waals surface area contributed by atoms with Crippen molar-refractivity contribution in [3.8, 4) is 0 Å². The summed E-state index contributed by atoms with van der Waals surface area (Å²) in [5.74, 6) is 4.42. The average molecular weight is 1790 g/mol. The first-order chi connectivity index (χ1) is 56.3. The number of nitrogens with one attached hydrogen (secondary N) is 4. The van der Waals surface area contributed by atoms with Gasteiger partial charge in [0.2, 0.25) is 0 Å². The summed E-state index contributed by atoms with van der Waals surface area (Å²) in [6.07, 6.45) is 56.8. The topological polar surface area (TPSA) is 197 Å². The molecule has 0 amide bonds. The van der Waals surface area contributed by atoms with Gasteiger partial charge in [0, 0.05) is 0 Å². The molecule has 0 fully saturated rings. The van der Waals surface area contributed by atoms with Crippen LogP contribution >= 0.6 is 64.2 Å². The second-order valence-corrected chi connectivity index (χ2v) is 52.7. The van der Waals surface area contributed by atoms with Crippen LogP contribution in [0.15, 0.2) is 46.6 Å². The van der Waals surface area contributed by atoms with Crippen LogP contribution in [-0.2, 0) is 19.2 Å². The standard InChI is InChI=1S/C101H194ClN4O8PS4/c1-77(2)35-22-39-81(9)43-26-47-85(13)51-30-52-89(17)56-34-60-93(21)64-68-119-72-97(101(113)114)106-76-115(102,73-103-94(98(107)108)69-116-65-61-90(18)57-31-53-86(14)48-27-44-82(10)40-23-36-78(3)4,74-104-95(99(109)110)70-117-66-62-91(19)58-32-54-87(15)49-28-45-83(11)41-24-37-79(5)6)75-105-96(100(111)112)71-118-67-63-92(20)59-33-55-88(16)50-29-46-84(12)42-25-38-80(7)8/h61-64,77-89,94-97,103-106H,22-60,65-76H2,1-21H3,(H,107,108)(H,109,110)(H,111,112)(H,113,114)/b90-61+,91-62+,92-63+,93-64+. The van der Waals surface area contributed by atoms with E-state index < -0.39 is 54.0 Å². The summed E-state index contributed by atoms with van der Waals surface area (Å²) >= 11 is 14.5. The van der Waals surface area contributed by atoms with Gasteiger partial charge in [0.05, 0.1) is 0 Å². The van der Waals surface area contributed by atoms with Gasteiger partial charge in [-0.05, 0) is 53.3 Å². The monoisotopic (exact) mass is 1790 g/mol. The Labute approximate surface area is 758 Å². The molecule has 0 aromatic rings. The van der Waals surface area contributed by atoms with Crippen LogP contribution in [0.4, 0.5) is 0 Å². The van der Waals surface area contributed by atoms with Gasteiger partial charge in [0.1, 0.15) is 0 Å². The summed E-state index contributed by atoms with van der Waals surface area (Å²) in [6.45, 7) is 48.8. The zero-order chi connectivity index (χ0) is 89.4. The van der Waals surface area contributed by atoms with E-state index in [0.717, 1.165) is 105 Å². The Morgan fingerprint density at radius 2 is 0.403 bits per heavy atom. The fourth-order valence-electron chi connectivity index (χ4n) is 16.3.